The lowest BCUT2D eigenvalue weighted by Gasteiger charge is -2.09. The highest BCUT2D eigenvalue weighted by molar-refractivity contribution is 5.88. The van der Waals surface area contributed by atoms with Crippen LogP contribution in [0.3, 0.4) is 0 Å². The number of carbonyl (C=O) groups is 1. The second-order valence-corrected chi connectivity index (χ2v) is 2.64. The maximum atomic E-state index is 10.9. The van der Waals surface area contributed by atoms with Gasteiger partial charge in [-0.15, -0.1) is 0 Å². The average Bonchev–Trinajstić information content (AvgIpc) is 2.39. The number of aliphatic imine (C=N–C) groups is 1. The third-order valence-corrected chi connectivity index (χ3v) is 1.41. The molecule has 1 aliphatic heterocycles. The Balaban J connectivity index is 2.35. The Hall–Kier alpha value is -1.06. The van der Waals surface area contributed by atoms with E-state index in [0.717, 1.165) is 19.4 Å². The standard InChI is InChI=1S/C7H12N2O2/c1-9(2)7(10)11-6-4-3-5-8-6/h3-5H2,1-2H3. The molecule has 0 radical (unpaired) electrons. The van der Waals surface area contributed by atoms with Gasteiger partial charge in [-0.25, -0.2) is 4.79 Å². The van der Waals surface area contributed by atoms with Gasteiger partial charge in [0.05, 0.1) is 0 Å². The first-order valence-corrected chi connectivity index (χ1v) is 3.62. The van der Waals surface area contributed by atoms with E-state index in [1.165, 1.54) is 4.90 Å². The van der Waals surface area contributed by atoms with Gasteiger partial charge >= 0.3 is 6.09 Å². The van der Waals surface area contributed by atoms with Crippen LogP contribution in [0.5, 0.6) is 0 Å². The molecule has 0 saturated heterocycles. The second-order valence-electron chi connectivity index (χ2n) is 2.64. The van der Waals surface area contributed by atoms with Gasteiger partial charge in [-0.1, -0.05) is 0 Å². The molecule has 0 aromatic carbocycles. The third-order valence-electron chi connectivity index (χ3n) is 1.41. The normalized spacial score (nSPS) is 16.0. The summed E-state index contributed by atoms with van der Waals surface area (Å²) in [6.45, 7) is 0.788. The predicted molar refractivity (Wildman–Crippen MR) is 41.7 cm³/mol. The number of nitrogens with zero attached hydrogens (tertiary/aromatic N) is 2. The molecule has 1 aliphatic rings. The van der Waals surface area contributed by atoms with E-state index < -0.39 is 0 Å². The molecule has 0 atom stereocenters. The maximum absolute atomic E-state index is 10.9. The first kappa shape index (κ1) is 8.04. The van der Waals surface area contributed by atoms with E-state index in [-0.39, 0.29) is 6.09 Å². The van der Waals surface area contributed by atoms with Crippen molar-refractivity contribution in [2.24, 2.45) is 4.99 Å². The Morgan fingerprint density at radius 3 is 2.82 bits per heavy atom. The molecule has 1 heterocycles. The number of hydrogen-bond acceptors (Lipinski definition) is 3. The molecule has 0 aliphatic carbocycles. The molecule has 0 fully saturated rings. The summed E-state index contributed by atoms with van der Waals surface area (Å²) < 4.78 is 4.91. The minimum atomic E-state index is -0.342. The summed E-state index contributed by atoms with van der Waals surface area (Å²) in [4.78, 5) is 16.3. The van der Waals surface area contributed by atoms with E-state index in [1.807, 2.05) is 0 Å². The summed E-state index contributed by atoms with van der Waals surface area (Å²) >= 11 is 0. The van der Waals surface area contributed by atoms with Crippen LogP contribution < -0.4 is 0 Å². The fraction of sp³-hybridized carbons (Fsp3) is 0.714. The molecule has 0 spiro atoms. The molecule has 0 bridgehead atoms. The van der Waals surface area contributed by atoms with Crippen molar-refractivity contribution in [1.82, 2.24) is 4.90 Å². The fourth-order valence-electron chi connectivity index (χ4n) is 0.788. The van der Waals surface area contributed by atoms with Crippen molar-refractivity contribution in [2.75, 3.05) is 20.6 Å². The van der Waals surface area contributed by atoms with Crippen LogP contribution in [0.1, 0.15) is 12.8 Å². The summed E-state index contributed by atoms with van der Waals surface area (Å²) in [6, 6.07) is 0. The second kappa shape index (κ2) is 3.37. The minimum Gasteiger partial charge on any atom is -0.396 e. The molecule has 4 nitrogen and oxygen atoms in total. The van der Waals surface area contributed by atoms with Gasteiger partial charge in [-0.05, 0) is 6.42 Å². The summed E-state index contributed by atoms with van der Waals surface area (Å²) in [5.41, 5.74) is 0. The zero-order chi connectivity index (χ0) is 8.27. The topological polar surface area (TPSA) is 41.9 Å². The van der Waals surface area contributed by atoms with Crippen molar-refractivity contribution in [3.8, 4) is 0 Å². The summed E-state index contributed by atoms with van der Waals surface area (Å²) in [6.07, 6.45) is 1.45. The Morgan fingerprint density at radius 2 is 2.36 bits per heavy atom. The van der Waals surface area contributed by atoms with Crippen LogP contribution in [-0.2, 0) is 4.74 Å². The highest BCUT2D eigenvalue weighted by Crippen LogP contribution is 2.05. The Bertz CT molecular complexity index is 187. The van der Waals surface area contributed by atoms with Crippen molar-refractivity contribution < 1.29 is 9.53 Å². The van der Waals surface area contributed by atoms with Crippen LogP contribution in [0.4, 0.5) is 4.79 Å². The van der Waals surface area contributed by atoms with Crippen molar-refractivity contribution in [1.29, 1.82) is 0 Å². The molecule has 1 rings (SSSR count). The molecule has 0 N–H and O–H groups in total. The molecule has 1 amide bonds. The van der Waals surface area contributed by atoms with Crippen molar-refractivity contribution in [3.05, 3.63) is 0 Å². The Kier molecular flexibility index (Phi) is 2.46. The molecule has 11 heavy (non-hydrogen) atoms. The minimum absolute atomic E-state index is 0.342. The molecule has 0 saturated carbocycles. The first-order chi connectivity index (χ1) is 5.20. The third kappa shape index (κ3) is 2.22. The predicted octanol–water partition coefficient (Wildman–Crippen LogP) is 0.877. The number of ether oxygens (including phenoxy) is 1. The fourth-order valence-corrected chi connectivity index (χ4v) is 0.788. The van der Waals surface area contributed by atoms with Crippen LogP contribution in [0.15, 0.2) is 4.99 Å². The summed E-state index contributed by atoms with van der Waals surface area (Å²) in [7, 11) is 3.30. The Labute approximate surface area is 65.9 Å². The molecule has 0 unspecified atom stereocenters. The van der Waals surface area contributed by atoms with E-state index in [9.17, 15) is 4.79 Å². The van der Waals surface area contributed by atoms with Crippen molar-refractivity contribution >= 4 is 12.0 Å². The van der Waals surface area contributed by atoms with Crippen LogP contribution in [-0.4, -0.2) is 37.5 Å². The van der Waals surface area contributed by atoms with Crippen LogP contribution in [0, 0.1) is 0 Å². The van der Waals surface area contributed by atoms with Crippen LogP contribution >= 0.6 is 0 Å². The largest absolute Gasteiger partial charge is 0.415 e. The maximum Gasteiger partial charge on any atom is 0.415 e. The van der Waals surface area contributed by atoms with Crippen LogP contribution in [0.25, 0.3) is 0 Å². The molecule has 0 aromatic heterocycles. The van der Waals surface area contributed by atoms with Gasteiger partial charge in [0, 0.05) is 27.1 Å². The highest BCUT2D eigenvalue weighted by atomic mass is 16.6. The highest BCUT2D eigenvalue weighted by Gasteiger charge is 2.13. The van der Waals surface area contributed by atoms with Gasteiger partial charge in [0.2, 0.25) is 0 Å². The molecule has 4 heteroatoms. The van der Waals surface area contributed by atoms with Gasteiger partial charge in [-0.2, -0.15) is 0 Å². The zero-order valence-corrected chi connectivity index (χ0v) is 6.83. The summed E-state index contributed by atoms with van der Waals surface area (Å²) in [5, 5.41) is 0. The number of rotatable bonds is 0. The zero-order valence-electron chi connectivity index (χ0n) is 6.83. The van der Waals surface area contributed by atoms with Gasteiger partial charge in [0.25, 0.3) is 0 Å². The first-order valence-electron chi connectivity index (χ1n) is 3.62. The van der Waals surface area contributed by atoms with Gasteiger partial charge in [-0.3, -0.25) is 4.99 Å². The quantitative estimate of drug-likeness (QED) is 0.522. The van der Waals surface area contributed by atoms with E-state index in [0.29, 0.717) is 5.90 Å². The SMILES string of the molecule is CN(C)C(=O)OC1=NCCC1. The van der Waals surface area contributed by atoms with E-state index in [4.69, 9.17) is 4.74 Å². The van der Waals surface area contributed by atoms with E-state index >= 15 is 0 Å². The van der Waals surface area contributed by atoms with Gasteiger partial charge < -0.3 is 9.64 Å². The average molecular weight is 156 g/mol. The number of hydrogen-bond donors (Lipinski definition) is 0. The lowest BCUT2D eigenvalue weighted by molar-refractivity contribution is 0.167. The number of carbonyl (C=O) groups excluding carboxylic acids is 1. The van der Waals surface area contributed by atoms with E-state index in [2.05, 4.69) is 4.99 Å². The summed E-state index contributed by atoms with van der Waals surface area (Å²) in [5.74, 6) is 0.573. The molecule has 62 valence electrons. The number of amides is 1. The monoisotopic (exact) mass is 156 g/mol. The lowest BCUT2D eigenvalue weighted by atomic mass is 10.4. The molecule has 0 aromatic rings. The van der Waals surface area contributed by atoms with E-state index in [1.54, 1.807) is 14.1 Å². The van der Waals surface area contributed by atoms with Crippen molar-refractivity contribution in [2.45, 2.75) is 12.8 Å². The smallest absolute Gasteiger partial charge is 0.396 e. The Morgan fingerprint density at radius 1 is 1.64 bits per heavy atom. The van der Waals surface area contributed by atoms with Crippen LogP contribution in [0.2, 0.25) is 0 Å². The molecular weight excluding hydrogens is 144 g/mol. The van der Waals surface area contributed by atoms with Crippen molar-refractivity contribution in [3.63, 3.8) is 0 Å². The lowest BCUT2D eigenvalue weighted by Crippen LogP contribution is -2.24. The van der Waals surface area contributed by atoms with Gasteiger partial charge in [0.1, 0.15) is 0 Å². The van der Waals surface area contributed by atoms with Gasteiger partial charge in [0.15, 0.2) is 5.90 Å². The molecular formula is C7H12N2O2.